The minimum atomic E-state index is 0.637. The number of hydrogen-bond acceptors (Lipinski definition) is 3. The first kappa shape index (κ1) is 9.66. The summed E-state index contributed by atoms with van der Waals surface area (Å²) < 4.78 is 0. The van der Waals surface area contributed by atoms with E-state index >= 15 is 0 Å². The molecule has 0 unspecified atom stereocenters. The third-order valence-corrected chi connectivity index (χ3v) is 3.74. The van der Waals surface area contributed by atoms with Gasteiger partial charge in [-0.05, 0) is 31.0 Å². The highest BCUT2D eigenvalue weighted by Crippen LogP contribution is 2.41. The second kappa shape index (κ2) is 3.33. The lowest BCUT2D eigenvalue weighted by molar-refractivity contribution is 1.02. The fraction of sp³-hybridized carbons (Fsp3) is 0.385. The second-order valence-electron chi connectivity index (χ2n) is 4.76. The number of aliphatic imine (C=N–C) groups is 2. The van der Waals surface area contributed by atoms with E-state index in [1.807, 2.05) is 18.2 Å². The number of hydrogen-bond donors (Lipinski definition) is 0. The molecule has 1 saturated carbocycles. The first-order valence-corrected chi connectivity index (χ1v) is 6.41. The topological polar surface area (TPSA) is 28.0 Å². The number of anilines is 1. The highest BCUT2D eigenvalue weighted by atomic mass is 35.5. The molecule has 0 N–H and O–H groups in total. The number of halogens is 1. The van der Waals surface area contributed by atoms with E-state index < -0.39 is 0 Å². The minimum absolute atomic E-state index is 0.637. The minimum Gasteiger partial charge on any atom is -0.321 e. The van der Waals surface area contributed by atoms with Gasteiger partial charge in [0, 0.05) is 17.5 Å². The summed E-state index contributed by atoms with van der Waals surface area (Å²) in [5.41, 5.74) is 3.34. The van der Waals surface area contributed by atoms with Gasteiger partial charge in [0.2, 0.25) is 0 Å². The Morgan fingerprint density at radius 1 is 1.29 bits per heavy atom. The van der Waals surface area contributed by atoms with Crippen molar-refractivity contribution in [3.63, 3.8) is 0 Å². The van der Waals surface area contributed by atoms with Gasteiger partial charge in [-0.2, -0.15) is 0 Å². The van der Waals surface area contributed by atoms with E-state index in [0.29, 0.717) is 5.92 Å². The third kappa shape index (κ3) is 1.42. The van der Waals surface area contributed by atoms with Gasteiger partial charge in [-0.3, -0.25) is 4.99 Å². The van der Waals surface area contributed by atoms with Crippen molar-refractivity contribution in [3.05, 3.63) is 23.2 Å². The molecule has 17 heavy (non-hydrogen) atoms. The molecule has 2 aliphatic heterocycles. The third-order valence-electron chi connectivity index (χ3n) is 3.50. The summed E-state index contributed by atoms with van der Waals surface area (Å²) in [7, 11) is 0. The monoisotopic (exact) mass is 245 g/mol. The van der Waals surface area contributed by atoms with Crippen molar-refractivity contribution < 1.29 is 0 Å². The lowest BCUT2D eigenvalue weighted by Gasteiger charge is -2.27. The normalized spacial score (nSPS) is 21.8. The Morgan fingerprint density at radius 3 is 3.00 bits per heavy atom. The van der Waals surface area contributed by atoms with E-state index in [0.717, 1.165) is 35.3 Å². The molecule has 1 aromatic carbocycles. The predicted octanol–water partition coefficient (Wildman–Crippen LogP) is 3.05. The molecule has 86 valence electrons. The van der Waals surface area contributed by atoms with Gasteiger partial charge in [0.25, 0.3) is 0 Å². The van der Waals surface area contributed by atoms with Crippen molar-refractivity contribution in [2.24, 2.45) is 15.9 Å². The van der Waals surface area contributed by atoms with Gasteiger partial charge in [0.05, 0.1) is 23.6 Å². The van der Waals surface area contributed by atoms with E-state index in [4.69, 9.17) is 16.6 Å². The maximum Gasteiger partial charge on any atom is 0.150 e. The second-order valence-corrected chi connectivity index (χ2v) is 5.20. The van der Waals surface area contributed by atoms with Gasteiger partial charge in [-0.1, -0.05) is 11.6 Å². The van der Waals surface area contributed by atoms with Gasteiger partial charge < -0.3 is 4.90 Å². The maximum absolute atomic E-state index is 6.06. The summed E-state index contributed by atoms with van der Waals surface area (Å²) in [6, 6.07) is 5.91. The molecule has 3 aliphatic rings. The van der Waals surface area contributed by atoms with E-state index in [9.17, 15) is 0 Å². The largest absolute Gasteiger partial charge is 0.321 e. The Kier molecular flexibility index (Phi) is 1.89. The maximum atomic E-state index is 6.06. The van der Waals surface area contributed by atoms with Gasteiger partial charge in [-0.15, -0.1) is 0 Å². The zero-order valence-electron chi connectivity index (χ0n) is 9.36. The molecule has 0 bridgehead atoms. The predicted molar refractivity (Wildman–Crippen MR) is 70.9 cm³/mol. The van der Waals surface area contributed by atoms with Crippen LogP contribution >= 0.6 is 11.6 Å². The molecule has 1 aliphatic carbocycles. The summed E-state index contributed by atoms with van der Waals surface area (Å²) in [5.74, 6) is 1.72. The Balaban J connectivity index is 1.91. The Hall–Kier alpha value is -1.35. The molecule has 0 amide bonds. The molecular formula is C13H12ClN3. The molecule has 0 saturated heterocycles. The quantitative estimate of drug-likeness (QED) is 0.747. The van der Waals surface area contributed by atoms with Crippen LogP contribution in [0.25, 0.3) is 0 Å². The summed E-state index contributed by atoms with van der Waals surface area (Å²) in [6.45, 7) is 1.82. The molecule has 0 atom stereocenters. The van der Waals surface area contributed by atoms with Crippen molar-refractivity contribution in [3.8, 4) is 0 Å². The zero-order chi connectivity index (χ0) is 11.4. The first-order chi connectivity index (χ1) is 8.33. The van der Waals surface area contributed by atoms with Crippen LogP contribution in [0.1, 0.15) is 12.8 Å². The smallest absolute Gasteiger partial charge is 0.150 e. The fourth-order valence-corrected chi connectivity index (χ4v) is 2.69. The molecule has 0 spiro atoms. The van der Waals surface area contributed by atoms with Gasteiger partial charge in [0.15, 0.2) is 5.84 Å². The number of nitrogens with zero attached hydrogens (tertiary/aromatic N) is 3. The summed E-state index contributed by atoms with van der Waals surface area (Å²) in [4.78, 5) is 11.6. The Labute approximate surface area is 105 Å². The molecule has 0 aromatic heterocycles. The molecule has 3 nitrogen and oxygen atoms in total. The van der Waals surface area contributed by atoms with Gasteiger partial charge in [0.1, 0.15) is 0 Å². The Morgan fingerprint density at radius 2 is 2.18 bits per heavy atom. The standard InChI is InChI=1S/C13H12ClN3/c14-9-3-4-10-11(7-9)17-6-5-15-13(17)12(16-10)8-1-2-8/h3-4,7-8H,1-2,5-6H2. The first-order valence-electron chi connectivity index (χ1n) is 6.03. The van der Waals surface area contributed by atoms with Crippen molar-refractivity contribution in [2.45, 2.75) is 12.8 Å². The van der Waals surface area contributed by atoms with Crippen LogP contribution in [0.3, 0.4) is 0 Å². The number of fused-ring (bicyclic) bond motifs is 3. The highest BCUT2D eigenvalue weighted by molar-refractivity contribution is 6.49. The molecule has 4 rings (SSSR count). The van der Waals surface area contributed by atoms with Crippen molar-refractivity contribution >= 4 is 34.5 Å². The van der Waals surface area contributed by atoms with Gasteiger partial charge in [-0.25, -0.2) is 4.99 Å². The average Bonchev–Trinajstić information content (AvgIpc) is 3.05. The average molecular weight is 246 g/mol. The number of rotatable bonds is 1. The van der Waals surface area contributed by atoms with Gasteiger partial charge >= 0.3 is 0 Å². The van der Waals surface area contributed by atoms with Crippen LogP contribution in [0, 0.1) is 5.92 Å². The summed E-state index contributed by atoms with van der Waals surface area (Å²) in [6.07, 6.45) is 2.52. The van der Waals surface area contributed by atoms with E-state index in [1.165, 1.54) is 18.6 Å². The van der Waals surface area contributed by atoms with Crippen LogP contribution in [0.4, 0.5) is 11.4 Å². The van der Waals surface area contributed by atoms with Crippen molar-refractivity contribution in [1.29, 1.82) is 0 Å². The molecule has 4 heteroatoms. The SMILES string of the molecule is Clc1ccc2c(c1)N1CCN=C1C(C1CC1)=N2. The zero-order valence-corrected chi connectivity index (χ0v) is 10.1. The van der Waals surface area contributed by atoms with Crippen LogP contribution in [0.5, 0.6) is 0 Å². The number of benzene rings is 1. The van der Waals surface area contributed by atoms with E-state index in [2.05, 4.69) is 9.89 Å². The fourth-order valence-electron chi connectivity index (χ4n) is 2.52. The molecule has 1 aromatic rings. The van der Waals surface area contributed by atoms with E-state index in [1.54, 1.807) is 0 Å². The summed E-state index contributed by atoms with van der Waals surface area (Å²) >= 11 is 6.06. The number of amidine groups is 1. The Bertz CT molecular complexity index is 558. The molecule has 1 fully saturated rings. The van der Waals surface area contributed by atoms with E-state index in [-0.39, 0.29) is 0 Å². The summed E-state index contributed by atoms with van der Waals surface area (Å²) in [5, 5.41) is 0.764. The van der Waals surface area contributed by atoms with Crippen LogP contribution in [-0.2, 0) is 0 Å². The molecule has 0 radical (unpaired) electrons. The van der Waals surface area contributed by atoms with Crippen LogP contribution in [-0.4, -0.2) is 24.6 Å². The highest BCUT2D eigenvalue weighted by Gasteiger charge is 2.38. The van der Waals surface area contributed by atoms with Crippen LogP contribution in [0.15, 0.2) is 28.2 Å². The van der Waals surface area contributed by atoms with Crippen molar-refractivity contribution in [1.82, 2.24) is 0 Å². The van der Waals surface area contributed by atoms with Crippen LogP contribution < -0.4 is 4.90 Å². The van der Waals surface area contributed by atoms with Crippen LogP contribution in [0.2, 0.25) is 5.02 Å². The lowest BCUT2D eigenvalue weighted by Crippen LogP contribution is -2.36. The lowest BCUT2D eigenvalue weighted by atomic mass is 10.1. The molecule has 2 heterocycles. The molecular weight excluding hydrogens is 234 g/mol. The van der Waals surface area contributed by atoms with Crippen molar-refractivity contribution in [2.75, 3.05) is 18.0 Å².